The molecule has 1 unspecified atom stereocenters. The minimum atomic E-state index is -0.0884. The minimum Gasteiger partial charge on any atom is -0.493 e. The highest BCUT2D eigenvalue weighted by atomic mass is 16.5. The molecule has 0 spiro atoms. The number of nitrogens with zero attached hydrogens (tertiary/aromatic N) is 2. The van der Waals surface area contributed by atoms with Crippen molar-refractivity contribution in [1.29, 1.82) is 0 Å². The van der Waals surface area contributed by atoms with Gasteiger partial charge in [-0.1, -0.05) is 31.0 Å². The lowest BCUT2D eigenvalue weighted by molar-refractivity contribution is -0.149. The Kier molecular flexibility index (Phi) is 4.64. The molecule has 5 heteroatoms. The van der Waals surface area contributed by atoms with Crippen molar-refractivity contribution in [3.05, 3.63) is 29.8 Å². The molecule has 2 fully saturated rings. The van der Waals surface area contributed by atoms with E-state index in [1.54, 1.807) is 4.90 Å². The second kappa shape index (κ2) is 7.06. The Bertz CT molecular complexity index is 654. The number of rotatable bonds is 2. The maximum atomic E-state index is 13.0. The zero-order valence-electron chi connectivity index (χ0n) is 14.7. The maximum Gasteiger partial charge on any atom is 0.242 e. The first kappa shape index (κ1) is 16.4. The van der Waals surface area contributed by atoms with Crippen LogP contribution in [0.5, 0.6) is 5.75 Å². The van der Waals surface area contributed by atoms with Crippen LogP contribution in [0, 0.1) is 5.92 Å². The number of para-hydroxylation sites is 1. The van der Waals surface area contributed by atoms with Crippen molar-refractivity contribution in [1.82, 2.24) is 9.80 Å². The van der Waals surface area contributed by atoms with Gasteiger partial charge in [-0.2, -0.15) is 0 Å². The number of piperazine rings is 1. The van der Waals surface area contributed by atoms with E-state index in [9.17, 15) is 9.59 Å². The summed E-state index contributed by atoms with van der Waals surface area (Å²) in [5.41, 5.74) is 1.09. The van der Waals surface area contributed by atoms with Crippen LogP contribution in [0.25, 0.3) is 0 Å². The van der Waals surface area contributed by atoms with E-state index in [0.717, 1.165) is 24.2 Å². The standard InChI is InChI=1S/C20H26N2O3/c23-19-14-21(10-11-22(19)17-6-2-3-7-17)20(24)16-9-12-25-18-8-4-1-5-15(18)13-16/h1,4-5,8,16-17H,2-3,6-7,9-14H2. The number of ether oxygens (including phenoxy) is 1. The van der Waals surface area contributed by atoms with E-state index in [-0.39, 0.29) is 24.3 Å². The molecule has 2 amide bonds. The minimum absolute atomic E-state index is 0.0884. The molecule has 1 aromatic rings. The fourth-order valence-corrected chi connectivity index (χ4v) is 4.44. The van der Waals surface area contributed by atoms with E-state index in [0.29, 0.717) is 38.6 Å². The average Bonchev–Trinajstić information content (AvgIpc) is 3.07. The topological polar surface area (TPSA) is 49.9 Å². The van der Waals surface area contributed by atoms with E-state index in [1.165, 1.54) is 12.8 Å². The predicted molar refractivity (Wildman–Crippen MR) is 94.3 cm³/mol. The third kappa shape index (κ3) is 3.37. The molecule has 0 aromatic heterocycles. The summed E-state index contributed by atoms with van der Waals surface area (Å²) in [5, 5.41) is 0. The molecule has 1 saturated carbocycles. The zero-order valence-corrected chi connectivity index (χ0v) is 14.7. The molecule has 5 nitrogen and oxygen atoms in total. The van der Waals surface area contributed by atoms with Crippen LogP contribution in [-0.4, -0.2) is 53.9 Å². The van der Waals surface area contributed by atoms with Crippen LogP contribution in [0.3, 0.4) is 0 Å². The Morgan fingerprint density at radius 3 is 2.68 bits per heavy atom. The highest BCUT2D eigenvalue weighted by molar-refractivity contribution is 5.87. The van der Waals surface area contributed by atoms with E-state index in [1.807, 2.05) is 29.2 Å². The quantitative estimate of drug-likeness (QED) is 0.828. The van der Waals surface area contributed by atoms with Crippen LogP contribution in [0.2, 0.25) is 0 Å². The van der Waals surface area contributed by atoms with Crippen molar-refractivity contribution >= 4 is 11.8 Å². The average molecular weight is 342 g/mol. The van der Waals surface area contributed by atoms with Crippen molar-refractivity contribution < 1.29 is 14.3 Å². The summed E-state index contributed by atoms with van der Waals surface area (Å²) in [6.07, 6.45) is 6.10. The first-order valence-electron chi connectivity index (χ1n) is 9.51. The van der Waals surface area contributed by atoms with Crippen molar-refractivity contribution in [2.45, 2.75) is 44.6 Å². The number of amides is 2. The van der Waals surface area contributed by atoms with Gasteiger partial charge < -0.3 is 14.5 Å². The molecule has 1 aliphatic carbocycles. The lowest BCUT2D eigenvalue weighted by Crippen LogP contribution is -2.56. The summed E-state index contributed by atoms with van der Waals surface area (Å²) in [7, 11) is 0. The fourth-order valence-electron chi connectivity index (χ4n) is 4.44. The molecule has 4 rings (SSSR count). The van der Waals surface area contributed by atoms with Gasteiger partial charge in [0, 0.05) is 25.0 Å². The highest BCUT2D eigenvalue weighted by Gasteiger charge is 2.35. The number of benzene rings is 1. The Labute approximate surface area is 148 Å². The van der Waals surface area contributed by atoms with Crippen LogP contribution >= 0.6 is 0 Å². The predicted octanol–water partition coefficient (Wildman–Crippen LogP) is 2.24. The highest BCUT2D eigenvalue weighted by Crippen LogP contribution is 2.29. The molecule has 0 radical (unpaired) electrons. The van der Waals surface area contributed by atoms with Crippen LogP contribution in [-0.2, 0) is 16.0 Å². The summed E-state index contributed by atoms with van der Waals surface area (Å²) in [4.78, 5) is 29.3. The Balaban J connectivity index is 1.41. The number of fused-ring (bicyclic) bond motifs is 1. The van der Waals surface area contributed by atoms with Crippen molar-refractivity contribution in [3.8, 4) is 5.75 Å². The van der Waals surface area contributed by atoms with Crippen molar-refractivity contribution in [2.24, 2.45) is 5.92 Å². The van der Waals surface area contributed by atoms with E-state index in [4.69, 9.17) is 4.74 Å². The monoisotopic (exact) mass is 342 g/mol. The number of hydrogen-bond donors (Lipinski definition) is 0. The van der Waals surface area contributed by atoms with Gasteiger partial charge in [-0.25, -0.2) is 0 Å². The summed E-state index contributed by atoms with van der Waals surface area (Å²) in [6, 6.07) is 8.35. The van der Waals surface area contributed by atoms with E-state index in [2.05, 4.69) is 0 Å². The summed E-state index contributed by atoms with van der Waals surface area (Å²) >= 11 is 0. The normalized spacial score (nSPS) is 24.6. The molecule has 0 N–H and O–H groups in total. The van der Waals surface area contributed by atoms with Gasteiger partial charge in [0.2, 0.25) is 11.8 Å². The number of carbonyl (C=O) groups is 2. The fraction of sp³-hybridized carbons (Fsp3) is 0.600. The smallest absolute Gasteiger partial charge is 0.242 e. The molecule has 3 aliphatic rings. The van der Waals surface area contributed by atoms with Gasteiger partial charge in [0.15, 0.2) is 0 Å². The second-order valence-electron chi connectivity index (χ2n) is 7.43. The Morgan fingerprint density at radius 1 is 1.08 bits per heavy atom. The molecule has 1 saturated heterocycles. The van der Waals surface area contributed by atoms with Gasteiger partial charge >= 0.3 is 0 Å². The third-order valence-corrected chi connectivity index (χ3v) is 5.85. The van der Waals surface area contributed by atoms with Gasteiger partial charge in [-0.3, -0.25) is 9.59 Å². The zero-order chi connectivity index (χ0) is 17.2. The van der Waals surface area contributed by atoms with Crippen LogP contribution in [0.4, 0.5) is 0 Å². The molecule has 2 aliphatic heterocycles. The third-order valence-electron chi connectivity index (χ3n) is 5.85. The van der Waals surface area contributed by atoms with Gasteiger partial charge in [0.1, 0.15) is 5.75 Å². The van der Waals surface area contributed by atoms with Gasteiger partial charge in [-0.15, -0.1) is 0 Å². The van der Waals surface area contributed by atoms with Crippen LogP contribution in [0.1, 0.15) is 37.7 Å². The molecule has 25 heavy (non-hydrogen) atoms. The van der Waals surface area contributed by atoms with E-state index < -0.39 is 0 Å². The summed E-state index contributed by atoms with van der Waals surface area (Å²) in [6.45, 7) is 2.16. The van der Waals surface area contributed by atoms with Crippen LogP contribution < -0.4 is 4.74 Å². The molecule has 0 bridgehead atoms. The van der Waals surface area contributed by atoms with Crippen LogP contribution in [0.15, 0.2) is 24.3 Å². The largest absolute Gasteiger partial charge is 0.493 e. The van der Waals surface area contributed by atoms with Crippen molar-refractivity contribution in [3.63, 3.8) is 0 Å². The lowest BCUT2D eigenvalue weighted by Gasteiger charge is -2.38. The molecular formula is C20H26N2O3. The van der Waals surface area contributed by atoms with Gasteiger partial charge in [-0.05, 0) is 37.3 Å². The maximum absolute atomic E-state index is 13.0. The lowest BCUT2D eigenvalue weighted by atomic mass is 9.95. The van der Waals surface area contributed by atoms with Gasteiger partial charge in [0.25, 0.3) is 0 Å². The second-order valence-corrected chi connectivity index (χ2v) is 7.43. The first-order valence-corrected chi connectivity index (χ1v) is 9.51. The molecule has 1 aromatic carbocycles. The summed E-state index contributed by atoms with van der Waals surface area (Å²) in [5.74, 6) is 1.03. The SMILES string of the molecule is O=C(C1CCOc2ccccc2C1)N1CCN(C2CCCC2)C(=O)C1. The molecule has 2 heterocycles. The molecule has 134 valence electrons. The first-order chi connectivity index (χ1) is 12.2. The van der Waals surface area contributed by atoms with E-state index >= 15 is 0 Å². The number of hydrogen-bond acceptors (Lipinski definition) is 3. The summed E-state index contributed by atoms with van der Waals surface area (Å²) < 4.78 is 5.78. The molecular weight excluding hydrogens is 316 g/mol. The molecule has 1 atom stereocenters. The van der Waals surface area contributed by atoms with Gasteiger partial charge in [0.05, 0.1) is 13.2 Å². The van der Waals surface area contributed by atoms with Crippen molar-refractivity contribution in [2.75, 3.05) is 26.2 Å². The Hall–Kier alpha value is -2.04. The Morgan fingerprint density at radius 2 is 1.88 bits per heavy atom. The number of carbonyl (C=O) groups excluding carboxylic acids is 2.